The maximum Gasteiger partial charge on any atom is 0.227 e. The Labute approximate surface area is 125 Å². The Morgan fingerprint density at radius 2 is 1.95 bits per heavy atom. The second-order valence-electron chi connectivity index (χ2n) is 5.33. The molecule has 1 aliphatic carbocycles. The van der Waals surface area contributed by atoms with Crippen LogP contribution in [0.5, 0.6) is 0 Å². The van der Waals surface area contributed by atoms with E-state index in [1.165, 1.54) is 0 Å². The van der Waals surface area contributed by atoms with Gasteiger partial charge in [0.1, 0.15) is 0 Å². The summed E-state index contributed by atoms with van der Waals surface area (Å²) in [6, 6.07) is 7.42. The topological polar surface area (TPSA) is 67.4 Å². The lowest BCUT2D eigenvalue weighted by atomic mass is 9.85. The molecule has 21 heavy (non-hydrogen) atoms. The molecule has 0 radical (unpaired) electrons. The Kier molecular flexibility index (Phi) is 5.75. The van der Waals surface area contributed by atoms with E-state index >= 15 is 0 Å². The van der Waals surface area contributed by atoms with E-state index < -0.39 is 0 Å². The smallest absolute Gasteiger partial charge is 0.227 e. The Balaban J connectivity index is 1.78. The van der Waals surface area contributed by atoms with Crippen LogP contribution < -0.4 is 10.6 Å². The molecular formula is C16H22N2O3. The van der Waals surface area contributed by atoms with Gasteiger partial charge in [0.2, 0.25) is 11.8 Å². The van der Waals surface area contributed by atoms with Crippen molar-refractivity contribution in [2.24, 2.45) is 5.92 Å². The molecule has 0 bridgehead atoms. The second-order valence-corrected chi connectivity index (χ2v) is 5.33. The molecule has 1 fully saturated rings. The van der Waals surface area contributed by atoms with Crippen molar-refractivity contribution in [1.29, 1.82) is 0 Å². The van der Waals surface area contributed by atoms with Crippen molar-refractivity contribution in [2.75, 3.05) is 25.6 Å². The van der Waals surface area contributed by atoms with Gasteiger partial charge < -0.3 is 15.4 Å². The van der Waals surface area contributed by atoms with Gasteiger partial charge >= 0.3 is 0 Å². The highest BCUT2D eigenvalue weighted by molar-refractivity contribution is 5.93. The van der Waals surface area contributed by atoms with Crippen LogP contribution in [0.4, 0.5) is 5.69 Å². The number of benzene rings is 1. The largest absolute Gasteiger partial charge is 0.383 e. The molecular weight excluding hydrogens is 268 g/mol. The molecule has 2 N–H and O–H groups in total. The van der Waals surface area contributed by atoms with Crippen molar-refractivity contribution in [2.45, 2.75) is 25.7 Å². The summed E-state index contributed by atoms with van der Waals surface area (Å²) in [4.78, 5) is 23.5. The van der Waals surface area contributed by atoms with Gasteiger partial charge in [-0.3, -0.25) is 9.59 Å². The van der Waals surface area contributed by atoms with Gasteiger partial charge in [-0.25, -0.2) is 0 Å². The van der Waals surface area contributed by atoms with E-state index in [2.05, 4.69) is 10.6 Å². The lowest BCUT2D eigenvalue weighted by Gasteiger charge is -2.24. The van der Waals surface area contributed by atoms with E-state index in [0.717, 1.165) is 30.5 Å². The zero-order valence-corrected chi connectivity index (χ0v) is 12.4. The molecule has 1 saturated carbocycles. The van der Waals surface area contributed by atoms with Crippen LogP contribution in [0.2, 0.25) is 0 Å². The fraction of sp³-hybridized carbons (Fsp3) is 0.500. The molecule has 1 aromatic carbocycles. The van der Waals surface area contributed by atoms with E-state index in [-0.39, 0.29) is 17.7 Å². The molecule has 0 atom stereocenters. The first-order valence-electron chi connectivity index (χ1n) is 7.34. The van der Waals surface area contributed by atoms with Gasteiger partial charge in [-0.15, -0.1) is 0 Å². The fourth-order valence-electron chi connectivity index (χ4n) is 2.16. The number of carbonyl (C=O) groups is 2. The van der Waals surface area contributed by atoms with E-state index in [0.29, 0.717) is 19.6 Å². The number of hydrogen-bond donors (Lipinski definition) is 2. The number of ether oxygens (including phenoxy) is 1. The van der Waals surface area contributed by atoms with Gasteiger partial charge in [-0.2, -0.15) is 0 Å². The molecule has 114 valence electrons. The molecule has 1 aromatic rings. The third-order valence-corrected chi connectivity index (χ3v) is 3.69. The van der Waals surface area contributed by atoms with Gasteiger partial charge in [-0.1, -0.05) is 18.6 Å². The van der Waals surface area contributed by atoms with Crippen LogP contribution in [0, 0.1) is 5.92 Å². The Morgan fingerprint density at radius 1 is 1.24 bits per heavy atom. The minimum Gasteiger partial charge on any atom is -0.383 e. The van der Waals surface area contributed by atoms with Crippen LogP contribution in [-0.2, 0) is 20.7 Å². The monoisotopic (exact) mass is 290 g/mol. The molecule has 2 amide bonds. The third kappa shape index (κ3) is 4.86. The third-order valence-electron chi connectivity index (χ3n) is 3.69. The number of rotatable bonds is 7. The predicted molar refractivity (Wildman–Crippen MR) is 81.0 cm³/mol. The summed E-state index contributed by atoms with van der Waals surface area (Å²) in [7, 11) is 1.60. The maximum atomic E-state index is 11.8. The number of methoxy groups -OCH3 is 1. The van der Waals surface area contributed by atoms with Crippen molar-refractivity contribution in [3.63, 3.8) is 0 Å². The quantitative estimate of drug-likeness (QED) is 0.752. The van der Waals surface area contributed by atoms with E-state index in [9.17, 15) is 9.59 Å². The molecule has 2 rings (SSSR count). The van der Waals surface area contributed by atoms with Crippen molar-refractivity contribution >= 4 is 17.5 Å². The number of nitrogens with one attached hydrogen (secondary N) is 2. The van der Waals surface area contributed by atoms with Gasteiger partial charge in [0.05, 0.1) is 13.0 Å². The van der Waals surface area contributed by atoms with Gasteiger partial charge in [0.25, 0.3) is 0 Å². The van der Waals surface area contributed by atoms with E-state index in [1.807, 2.05) is 24.3 Å². The molecule has 0 spiro atoms. The number of anilines is 1. The highest BCUT2D eigenvalue weighted by Crippen LogP contribution is 2.27. The summed E-state index contributed by atoms with van der Waals surface area (Å²) in [5.41, 5.74) is 1.71. The average Bonchev–Trinajstić information content (AvgIpc) is 2.39. The highest BCUT2D eigenvalue weighted by Gasteiger charge is 2.24. The van der Waals surface area contributed by atoms with Crippen LogP contribution >= 0.6 is 0 Å². The van der Waals surface area contributed by atoms with Crippen molar-refractivity contribution in [3.8, 4) is 0 Å². The number of carbonyl (C=O) groups excluding carboxylic acids is 2. The summed E-state index contributed by atoms with van der Waals surface area (Å²) in [5.74, 6) is 0.251. The molecule has 0 heterocycles. The van der Waals surface area contributed by atoms with Crippen molar-refractivity contribution < 1.29 is 14.3 Å². The summed E-state index contributed by atoms with van der Waals surface area (Å²) < 4.78 is 4.87. The normalized spacial score (nSPS) is 14.3. The first-order valence-corrected chi connectivity index (χ1v) is 7.34. The van der Waals surface area contributed by atoms with Crippen LogP contribution in [0.3, 0.4) is 0 Å². The lowest BCUT2D eigenvalue weighted by Crippen LogP contribution is -2.28. The van der Waals surface area contributed by atoms with Crippen LogP contribution in [0.25, 0.3) is 0 Å². The molecule has 1 aliphatic rings. The van der Waals surface area contributed by atoms with Gasteiger partial charge in [0.15, 0.2) is 0 Å². The summed E-state index contributed by atoms with van der Waals surface area (Å²) in [5, 5.41) is 5.69. The Morgan fingerprint density at radius 3 is 2.52 bits per heavy atom. The van der Waals surface area contributed by atoms with Crippen LogP contribution in [0.15, 0.2) is 24.3 Å². The number of amides is 2. The van der Waals surface area contributed by atoms with E-state index in [4.69, 9.17) is 4.74 Å². The SMILES string of the molecule is COCCNC(=O)Cc1ccc(NC(=O)C2CCC2)cc1. The Hall–Kier alpha value is -1.88. The minimum atomic E-state index is -0.0293. The summed E-state index contributed by atoms with van der Waals surface area (Å²) in [6.45, 7) is 1.03. The standard InChI is InChI=1S/C16H22N2O3/c1-21-10-9-17-15(19)11-12-5-7-14(8-6-12)18-16(20)13-3-2-4-13/h5-8,13H,2-4,9-11H2,1H3,(H,17,19)(H,18,20). The molecule has 0 aliphatic heterocycles. The highest BCUT2D eigenvalue weighted by atomic mass is 16.5. The zero-order valence-electron chi connectivity index (χ0n) is 12.4. The average molecular weight is 290 g/mol. The number of hydrogen-bond acceptors (Lipinski definition) is 3. The molecule has 5 heteroatoms. The van der Waals surface area contributed by atoms with E-state index in [1.54, 1.807) is 7.11 Å². The first-order chi connectivity index (χ1) is 10.2. The predicted octanol–water partition coefficient (Wildman–Crippen LogP) is 1.73. The summed E-state index contributed by atoms with van der Waals surface area (Å²) >= 11 is 0. The Bertz CT molecular complexity index is 481. The fourth-order valence-corrected chi connectivity index (χ4v) is 2.16. The first kappa shape index (κ1) is 15.5. The molecule has 0 unspecified atom stereocenters. The van der Waals surface area contributed by atoms with Crippen molar-refractivity contribution in [1.82, 2.24) is 5.32 Å². The minimum absolute atomic E-state index is 0.0293. The molecule has 0 aromatic heterocycles. The maximum absolute atomic E-state index is 11.8. The zero-order chi connectivity index (χ0) is 15.1. The van der Waals surface area contributed by atoms with Crippen LogP contribution in [0.1, 0.15) is 24.8 Å². The molecule has 5 nitrogen and oxygen atoms in total. The molecule has 0 saturated heterocycles. The summed E-state index contributed by atoms with van der Waals surface area (Å²) in [6.07, 6.45) is 3.47. The van der Waals surface area contributed by atoms with Crippen molar-refractivity contribution in [3.05, 3.63) is 29.8 Å². The lowest BCUT2D eigenvalue weighted by molar-refractivity contribution is -0.122. The second kappa shape index (κ2) is 7.78. The van der Waals surface area contributed by atoms with Crippen LogP contribution in [-0.4, -0.2) is 32.1 Å². The van der Waals surface area contributed by atoms with Gasteiger partial charge in [-0.05, 0) is 30.5 Å². The van der Waals surface area contributed by atoms with Gasteiger partial charge in [0, 0.05) is 25.3 Å².